The smallest absolute Gasteiger partial charge is 0.285 e. The van der Waals surface area contributed by atoms with Gasteiger partial charge in [-0.25, -0.2) is 5.10 Å². The minimum absolute atomic E-state index is 0.160. The van der Waals surface area contributed by atoms with Gasteiger partial charge >= 0.3 is 0 Å². The Hall–Kier alpha value is -1.03. The van der Waals surface area contributed by atoms with Crippen molar-refractivity contribution in [1.29, 1.82) is 0 Å². The highest BCUT2D eigenvalue weighted by molar-refractivity contribution is 6.32. The van der Waals surface area contributed by atoms with Crippen molar-refractivity contribution in [3.63, 3.8) is 0 Å². The highest BCUT2D eigenvalue weighted by Crippen LogP contribution is 2.17. The highest BCUT2D eigenvalue weighted by Gasteiger charge is 2.10. The molecule has 1 aromatic heterocycles. The number of nitrogens with one attached hydrogen (secondary N) is 2. The van der Waals surface area contributed by atoms with Crippen molar-refractivity contribution < 1.29 is 0 Å². The van der Waals surface area contributed by atoms with Crippen molar-refractivity contribution in [3.05, 3.63) is 21.6 Å². The first kappa shape index (κ1) is 11.0. The van der Waals surface area contributed by atoms with E-state index in [9.17, 15) is 4.79 Å². The lowest BCUT2D eigenvalue weighted by Crippen LogP contribution is -2.23. The Labute approximate surface area is 87.7 Å². The van der Waals surface area contributed by atoms with Crippen LogP contribution in [0.5, 0.6) is 0 Å². The summed E-state index contributed by atoms with van der Waals surface area (Å²) in [5.41, 5.74) is 0.212. The van der Waals surface area contributed by atoms with Gasteiger partial charge in [0.2, 0.25) is 0 Å². The number of anilines is 1. The molecular formula is C9H14ClN3O. The first-order chi connectivity index (χ1) is 6.52. The van der Waals surface area contributed by atoms with Crippen LogP contribution >= 0.6 is 11.6 Å². The third-order valence-corrected chi connectivity index (χ3v) is 2.55. The second-order valence-electron chi connectivity index (χ2n) is 3.60. The monoisotopic (exact) mass is 215 g/mol. The van der Waals surface area contributed by atoms with Crippen LogP contribution in [0.2, 0.25) is 5.02 Å². The maximum Gasteiger partial charge on any atom is 0.285 e. The number of H-pyrrole nitrogens is 1. The Kier molecular flexibility index (Phi) is 3.52. The molecule has 0 aliphatic rings. The molecule has 0 amide bonds. The molecule has 0 aromatic carbocycles. The van der Waals surface area contributed by atoms with Crippen LogP contribution in [0.4, 0.5) is 5.69 Å². The van der Waals surface area contributed by atoms with E-state index in [2.05, 4.69) is 29.4 Å². The SMILES string of the molecule is CC(C)C(C)Nc1cn[nH]c(=O)c1Cl. The molecule has 2 N–H and O–H groups in total. The van der Waals surface area contributed by atoms with Gasteiger partial charge in [-0.2, -0.15) is 5.10 Å². The van der Waals surface area contributed by atoms with E-state index >= 15 is 0 Å². The molecule has 0 saturated heterocycles. The van der Waals surface area contributed by atoms with Crippen LogP contribution < -0.4 is 10.9 Å². The van der Waals surface area contributed by atoms with Crippen molar-refractivity contribution in [2.75, 3.05) is 5.32 Å². The number of rotatable bonds is 3. The first-order valence-electron chi connectivity index (χ1n) is 4.52. The maximum absolute atomic E-state index is 11.1. The number of hydrogen-bond donors (Lipinski definition) is 2. The molecule has 1 unspecified atom stereocenters. The van der Waals surface area contributed by atoms with Crippen LogP contribution in [0.1, 0.15) is 20.8 Å². The number of aromatic nitrogens is 2. The van der Waals surface area contributed by atoms with E-state index in [1.807, 2.05) is 6.92 Å². The van der Waals surface area contributed by atoms with Gasteiger partial charge in [0.1, 0.15) is 5.02 Å². The van der Waals surface area contributed by atoms with Gasteiger partial charge in [-0.1, -0.05) is 25.4 Å². The highest BCUT2D eigenvalue weighted by atomic mass is 35.5. The topological polar surface area (TPSA) is 57.8 Å². The molecule has 14 heavy (non-hydrogen) atoms. The predicted octanol–water partition coefficient (Wildman–Crippen LogP) is 1.88. The second-order valence-corrected chi connectivity index (χ2v) is 3.98. The molecule has 0 aliphatic carbocycles. The lowest BCUT2D eigenvalue weighted by atomic mass is 10.1. The third-order valence-electron chi connectivity index (χ3n) is 2.18. The van der Waals surface area contributed by atoms with Gasteiger partial charge in [0.05, 0.1) is 11.9 Å². The first-order valence-corrected chi connectivity index (χ1v) is 4.90. The summed E-state index contributed by atoms with van der Waals surface area (Å²) in [4.78, 5) is 11.1. The van der Waals surface area contributed by atoms with Gasteiger partial charge < -0.3 is 5.32 Å². The Morgan fingerprint density at radius 2 is 2.14 bits per heavy atom. The Balaban J connectivity index is 2.87. The molecule has 1 rings (SSSR count). The molecule has 0 aliphatic heterocycles. The molecule has 0 spiro atoms. The standard InChI is InChI=1S/C9H14ClN3O/c1-5(2)6(3)12-7-4-11-13-9(14)8(7)10/h4-6H,1-3H3,(H2,12,13,14). The lowest BCUT2D eigenvalue weighted by molar-refractivity contribution is 0.559. The normalized spacial score (nSPS) is 12.9. The Bertz CT molecular complexity index is 361. The van der Waals surface area contributed by atoms with Gasteiger partial charge in [0.15, 0.2) is 0 Å². The fraction of sp³-hybridized carbons (Fsp3) is 0.556. The molecule has 0 fully saturated rings. The predicted molar refractivity (Wildman–Crippen MR) is 57.8 cm³/mol. The molecular weight excluding hydrogens is 202 g/mol. The van der Waals surface area contributed by atoms with Crippen LogP contribution in [-0.2, 0) is 0 Å². The van der Waals surface area contributed by atoms with Crippen molar-refractivity contribution in [1.82, 2.24) is 10.2 Å². The summed E-state index contributed by atoms with van der Waals surface area (Å²) in [7, 11) is 0. The summed E-state index contributed by atoms with van der Waals surface area (Å²) in [6.45, 7) is 6.21. The lowest BCUT2D eigenvalue weighted by Gasteiger charge is -2.18. The summed E-state index contributed by atoms with van der Waals surface area (Å²) in [6.07, 6.45) is 1.52. The molecule has 78 valence electrons. The molecule has 0 radical (unpaired) electrons. The quantitative estimate of drug-likeness (QED) is 0.810. The average molecular weight is 216 g/mol. The van der Waals surface area contributed by atoms with E-state index in [1.165, 1.54) is 6.20 Å². The van der Waals surface area contributed by atoms with E-state index in [0.29, 0.717) is 11.6 Å². The minimum atomic E-state index is -0.368. The molecule has 0 bridgehead atoms. The van der Waals surface area contributed by atoms with Gasteiger partial charge in [-0.05, 0) is 12.8 Å². The van der Waals surface area contributed by atoms with Gasteiger partial charge in [0, 0.05) is 6.04 Å². The summed E-state index contributed by atoms with van der Waals surface area (Å²) >= 11 is 5.80. The van der Waals surface area contributed by atoms with E-state index in [-0.39, 0.29) is 16.6 Å². The second kappa shape index (κ2) is 4.46. The van der Waals surface area contributed by atoms with Crippen molar-refractivity contribution >= 4 is 17.3 Å². The molecule has 1 aromatic rings. The fourth-order valence-electron chi connectivity index (χ4n) is 0.896. The zero-order valence-corrected chi connectivity index (χ0v) is 9.22. The number of hydrogen-bond acceptors (Lipinski definition) is 3. The van der Waals surface area contributed by atoms with Crippen LogP contribution in [0.15, 0.2) is 11.0 Å². The van der Waals surface area contributed by atoms with Gasteiger partial charge in [0.25, 0.3) is 5.56 Å². The number of aromatic amines is 1. The zero-order valence-electron chi connectivity index (χ0n) is 8.47. The molecule has 1 atom stereocenters. The average Bonchev–Trinajstić information content (AvgIpc) is 2.12. The molecule has 1 heterocycles. The maximum atomic E-state index is 11.1. The minimum Gasteiger partial charge on any atom is -0.380 e. The van der Waals surface area contributed by atoms with Crippen molar-refractivity contribution in [3.8, 4) is 0 Å². The van der Waals surface area contributed by atoms with Crippen LogP contribution in [0, 0.1) is 5.92 Å². The van der Waals surface area contributed by atoms with Crippen LogP contribution in [0.3, 0.4) is 0 Å². The van der Waals surface area contributed by atoms with E-state index in [4.69, 9.17) is 11.6 Å². The van der Waals surface area contributed by atoms with Gasteiger partial charge in [-0.3, -0.25) is 4.79 Å². The number of halogens is 1. The van der Waals surface area contributed by atoms with Crippen molar-refractivity contribution in [2.45, 2.75) is 26.8 Å². The van der Waals surface area contributed by atoms with E-state index in [1.54, 1.807) is 0 Å². The molecule has 0 saturated carbocycles. The van der Waals surface area contributed by atoms with E-state index < -0.39 is 0 Å². The van der Waals surface area contributed by atoms with Crippen LogP contribution in [-0.4, -0.2) is 16.2 Å². The Morgan fingerprint density at radius 3 is 2.71 bits per heavy atom. The summed E-state index contributed by atoms with van der Waals surface area (Å²) in [5, 5.41) is 9.23. The molecule has 5 heteroatoms. The number of nitrogens with zero attached hydrogens (tertiary/aromatic N) is 1. The zero-order chi connectivity index (χ0) is 10.7. The van der Waals surface area contributed by atoms with E-state index in [0.717, 1.165) is 0 Å². The van der Waals surface area contributed by atoms with Crippen molar-refractivity contribution in [2.24, 2.45) is 5.92 Å². The fourth-order valence-corrected chi connectivity index (χ4v) is 1.04. The summed E-state index contributed by atoms with van der Waals surface area (Å²) in [5.74, 6) is 0.463. The summed E-state index contributed by atoms with van der Waals surface area (Å²) < 4.78 is 0. The third kappa shape index (κ3) is 2.48. The summed E-state index contributed by atoms with van der Waals surface area (Å²) in [6, 6.07) is 0.246. The largest absolute Gasteiger partial charge is 0.380 e. The van der Waals surface area contributed by atoms with Gasteiger partial charge in [-0.15, -0.1) is 0 Å². The van der Waals surface area contributed by atoms with Crippen LogP contribution in [0.25, 0.3) is 0 Å². The molecule has 4 nitrogen and oxygen atoms in total. The Morgan fingerprint density at radius 1 is 1.50 bits per heavy atom.